The Balaban J connectivity index is 1.32. The lowest BCUT2D eigenvalue weighted by atomic mass is 10.1. The van der Waals surface area contributed by atoms with Crippen LogP contribution in [0.2, 0.25) is 0 Å². The molecule has 0 radical (unpaired) electrons. The van der Waals surface area contributed by atoms with Gasteiger partial charge in [0.05, 0.1) is 20.6 Å². The molecule has 35 heavy (non-hydrogen) atoms. The van der Waals surface area contributed by atoms with Crippen molar-refractivity contribution in [2.45, 2.75) is 13.0 Å². The molecule has 0 N–H and O–H groups in total. The lowest BCUT2D eigenvalue weighted by molar-refractivity contribution is -0.130. The zero-order valence-electron chi connectivity index (χ0n) is 20.3. The second-order valence-electron chi connectivity index (χ2n) is 8.90. The number of piperazine rings is 1. The number of fused-ring (bicyclic) bond motifs is 1. The lowest BCUT2D eigenvalue weighted by Gasteiger charge is -2.36. The number of methoxy groups -OCH3 is 2. The molecule has 3 aromatic carbocycles. The number of para-hydroxylation sites is 2. The number of hydrogen-bond acceptors (Lipinski definition) is 4. The van der Waals surface area contributed by atoms with Crippen LogP contribution in [-0.2, 0) is 17.8 Å². The van der Waals surface area contributed by atoms with Crippen molar-refractivity contribution in [3.63, 3.8) is 0 Å². The van der Waals surface area contributed by atoms with E-state index >= 15 is 0 Å². The molecule has 2 heterocycles. The van der Waals surface area contributed by atoms with E-state index in [1.165, 1.54) is 5.69 Å². The number of hydrogen-bond donors (Lipinski definition) is 0. The fourth-order valence-corrected chi connectivity index (χ4v) is 4.88. The third-order valence-corrected chi connectivity index (χ3v) is 6.73. The van der Waals surface area contributed by atoms with Crippen LogP contribution in [-0.4, -0.2) is 55.8 Å². The van der Waals surface area contributed by atoms with Gasteiger partial charge < -0.3 is 23.8 Å². The molecule has 1 fully saturated rings. The van der Waals surface area contributed by atoms with Crippen LogP contribution >= 0.6 is 0 Å². The van der Waals surface area contributed by atoms with E-state index in [-0.39, 0.29) is 5.91 Å². The van der Waals surface area contributed by atoms with E-state index in [9.17, 15) is 4.79 Å². The van der Waals surface area contributed by atoms with Crippen molar-refractivity contribution in [2.75, 3.05) is 45.3 Å². The van der Waals surface area contributed by atoms with Crippen molar-refractivity contribution in [3.8, 4) is 11.5 Å². The van der Waals surface area contributed by atoms with Crippen LogP contribution < -0.4 is 14.4 Å². The SMILES string of the molecule is COc1cc(Cn2cc(CC(=O)N3CCN(c4ccccc4)CC3)c3ccccc32)cc(OC)c1. The van der Waals surface area contributed by atoms with Gasteiger partial charge in [0.15, 0.2) is 0 Å². The fourth-order valence-electron chi connectivity index (χ4n) is 4.88. The summed E-state index contributed by atoms with van der Waals surface area (Å²) in [6, 6.07) is 24.6. The smallest absolute Gasteiger partial charge is 0.227 e. The molecule has 6 nitrogen and oxygen atoms in total. The summed E-state index contributed by atoms with van der Waals surface area (Å²) in [5.41, 5.74) is 4.48. The number of anilines is 1. The Labute approximate surface area is 206 Å². The second-order valence-corrected chi connectivity index (χ2v) is 8.90. The summed E-state index contributed by atoms with van der Waals surface area (Å²) >= 11 is 0. The Morgan fingerprint density at radius 3 is 2.17 bits per heavy atom. The minimum absolute atomic E-state index is 0.184. The van der Waals surface area contributed by atoms with Gasteiger partial charge in [-0.3, -0.25) is 4.79 Å². The van der Waals surface area contributed by atoms with E-state index in [0.29, 0.717) is 13.0 Å². The highest BCUT2D eigenvalue weighted by Crippen LogP contribution is 2.27. The minimum Gasteiger partial charge on any atom is -0.497 e. The summed E-state index contributed by atoms with van der Waals surface area (Å²) in [6.45, 7) is 3.87. The zero-order chi connectivity index (χ0) is 24.2. The van der Waals surface area contributed by atoms with Gasteiger partial charge in [-0.05, 0) is 41.5 Å². The Kier molecular flexibility index (Phi) is 6.62. The van der Waals surface area contributed by atoms with Crippen LogP contribution in [0.25, 0.3) is 10.9 Å². The van der Waals surface area contributed by atoms with E-state index in [1.807, 2.05) is 41.3 Å². The molecule has 5 rings (SSSR count). The Morgan fingerprint density at radius 2 is 1.49 bits per heavy atom. The van der Waals surface area contributed by atoms with Crippen molar-refractivity contribution < 1.29 is 14.3 Å². The second kappa shape index (κ2) is 10.1. The Hall–Kier alpha value is -3.93. The Morgan fingerprint density at radius 1 is 0.829 bits per heavy atom. The molecule has 0 bridgehead atoms. The number of aromatic nitrogens is 1. The van der Waals surface area contributed by atoms with E-state index < -0.39 is 0 Å². The van der Waals surface area contributed by atoms with Crippen molar-refractivity contribution >= 4 is 22.5 Å². The van der Waals surface area contributed by atoms with Crippen LogP contribution in [0.1, 0.15) is 11.1 Å². The topological polar surface area (TPSA) is 46.9 Å². The molecule has 0 spiro atoms. The highest BCUT2D eigenvalue weighted by Gasteiger charge is 2.22. The summed E-state index contributed by atoms with van der Waals surface area (Å²) in [6.07, 6.45) is 2.52. The highest BCUT2D eigenvalue weighted by atomic mass is 16.5. The first-order valence-corrected chi connectivity index (χ1v) is 12.0. The highest BCUT2D eigenvalue weighted by molar-refractivity contribution is 5.89. The molecule has 6 heteroatoms. The van der Waals surface area contributed by atoms with Gasteiger partial charge in [-0.15, -0.1) is 0 Å². The normalized spacial score (nSPS) is 13.8. The molecule has 1 aromatic heterocycles. The first-order valence-electron chi connectivity index (χ1n) is 12.0. The van der Waals surface area contributed by atoms with Gasteiger partial charge in [-0.2, -0.15) is 0 Å². The zero-order valence-corrected chi connectivity index (χ0v) is 20.3. The largest absolute Gasteiger partial charge is 0.497 e. The average molecular weight is 470 g/mol. The number of carbonyl (C=O) groups is 1. The fraction of sp³-hybridized carbons (Fsp3) is 0.276. The number of nitrogens with zero attached hydrogens (tertiary/aromatic N) is 3. The molecule has 1 saturated heterocycles. The number of rotatable bonds is 7. The standard InChI is InChI=1S/C29H31N3O3/c1-34-25-16-22(17-26(19-25)35-2)20-32-21-23(27-10-6-7-11-28(27)32)18-29(33)31-14-12-30(13-15-31)24-8-4-3-5-9-24/h3-11,16-17,19,21H,12-15,18,20H2,1-2H3. The molecule has 0 atom stereocenters. The minimum atomic E-state index is 0.184. The molecule has 1 aliphatic heterocycles. The lowest BCUT2D eigenvalue weighted by Crippen LogP contribution is -2.49. The summed E-state index contributed by atoms with van der Waals surface area (Å²) in [4.78, 5) is 17.6. The maximum Gasteiger partial charge on any atom is 0.227 e. The van der Waals surface area contributed by atoms with Gasteiger partial charge >= 0.3 is 0 Å². The number of carbonyl (C=O) groups excluding carboxylic acids is 1. The van der Waals surface area contributed by atoms with Crippen LogP contribution in [0.5, 0.6) is 11.5 Å². The molecule has 4 aromatic rings. The number of amides is 1. The van der Waals surface area contributed by atoms with Gasteiger partial charge in [0, 0.05) is 61.6 Å². The van der Waals surface area contributed by atoms with Crippen molar-refractivity contribution in [1.29, 1.82) is 0 Å². The third kappa shape index (κ3) is 4.97. The van der Waals surface area contributed by atoms with Crippen LogP contribution in [0.4, 0.5) is 5.69 Å². The third-order valence-electron chi connectivity index (χ3n) is 6.73. The predicted molar refractivity (Wildman–Crippen MR) is 140 cm³/mol. The first kappa shape index (κ1) is 22.8. The van der Waals surface area contributed by atoms with Crippen molar-refractivity contribution in [2.24, 2.45) is 0 Å². The number of ether oxygens (including phenoxy) is 2. The van der Waals surface area contributed by atoms with Gasteiger partial charge in [0.1, 0.15) is 11.5 Å². The van der Waals surface area contributed by atoms with Crippen LogP contribution in [0.3, 0.4) is 0 Å². The van der Waals surface area contributed by atoms with Crippen molar-refractivity contribution in [3.05, 3.63) is 90.1 Å². The monoisotopic (exact) mass is 469 g/mol. The molecular weight excluding hydrogens is 438 g/mol. The van der Waals surface area contributed by atoms with E-state index in [1.54, 1.807) is 14.2 Å². The van der Waals surface area contributed by atoms with E-state index in [0.717, 1.165) is 59.7 Å². The molecule has 0 unspecified atom stereocenters. The maximum atomic E-state index is 13.3. The summed E-state index contributed by atoms with van der Waals surface area (Å²) in [5.74, 6) is 1.71. The first-order chi connectivity index (χ1) is 17.1. The molecule has 180 valence electrons. The average Bonchev–Trinajstić information content (AvgIpc) is 3.25. The van der Waals surface area contributed by atoms with Gasteiger partial charge in [0.2, 0.25) is 5.91 Å². The van der Waals surface area contributed by atoms with E-state index in [2.05, 4.69) is 52.1 Å². The van der Waals surface area contributed by atoms with Gasteiger partial charge in [-0.25, -0.2) is 0 Å². The molecular formula is C29H31N3O3. The molecule has 1 aliphatic rings. The summed E-state index contributed by atoms with van der Waals surface area (Å²) in [7, 11) is 3.32. The maximum absolute atomic E-state index is 13.3. The van der Waals surface area contributed by atoms with Gasteiger partial charge in [-0.1, -0.05) is 36.4 Å². The molecule has 0 saturated carbocycles. The van der Waals surface area contributed by atoms with Gasteiger partial charge in [0.25, 0.3) is 0 Å². The van der Waals surface area contributed by atoms with E-state index in [4.69, 9.17) is 9.47 Å². The van der Waals surface area contributed by atoms with Crippen LogP contribution in [0, 0.1) is 0 Å². The van der Waals surface area contributed by atoms with Crippen molar-refractivity contribution in [1.82, 2.24) is 9.47 Å². The molecule has 1 amide bonds. The quantitative estimate of drug-likeness (QED) is 0.397. The summed E-state index contributed by atoms with van der Waals surface area (Å²) < 4.78 is 13.1. The predicted octanol–water partition coefficient (Wildman–Crippen LogP) is 4.60. The van der Waals surface area contributed by atoms with Crippen LogP contribution in [0.15, 0.2) is 79.0 Å². The number of benzene rings is 3. The summed E-state index contributed by atoms with van der Waals surface area (Å²) in [5, 5.41) is 1.12. The molecule has 0 aliphatic carbocycles. The Bertz CT molecular complexity index is 1290.